The standard InChI is InChI=1S/C13H23N3/c1-13(2,3)12-9-16(10-15-12)8-11-5-4-6-14-7-11/h9-11,14H,4-8H2,1-3H3. The summed E-state index contributed by atoms with van der Waals surface area (Å²) in [6.07, 6.45) is 6.84. The molecule has 2 heterocycles. The summed E-state index contributed by atoms with van der Waals surface area (Å²) in [4.78, 5) is 4.50. The van der Waals surface area contributed by atoms with Crippen molar-refractivity contribution in [1.82, 2.24) is 14.9 Å². The van der Waals surface area contributed by atoms with Crippen LogP contribution in [0, 0.1) is 5.92 Å². The highest BCUT2D eigenvalue weighted by molar-refractivity contribution is 5.08. The molecule has 0 radical (unpaired) electrons. The molecule has 0 amide bonds. The van der Waals surface area contributed by atoms with Gasteiger partial charge >= 0.3 is 0 Å². The number of piperidine rings is 1. The molecule has 3 heteroatoms. The fourth-order valence-corrected chi connectivity index (χ4v) is 2.23. The largest absolute Gasteiger partial charge is 0.337 e. The third-order valence-corrected chi connectivity index (χ3v) is 3.27. The van der Waals surface area contributed by atoms with Crippen molar-refractivity contribution in [1.29, 1.82) is 0 Å². The Morgan fingerprint density at radius 3 is 2.88 bits per heavy atom. The van der Waals surface area contributed by atoms with Crippen LogP contribution >= 0.6 is 0 Å². The number of rotatable bonds is 2. The van der Waals surface area contributed by atoms with E-state index in [4.69, 9.17) is 0 Å². The quantitative estimate of drug-likeness (QED) is 0.829. The van der Waals surface area contributed by atoms with Crippen LogP contribution in [0.4, 0.5) is 0 Å². The minimum absolute atomic E-state index is 0.163. The highest BCUT2D eigenvalue weighted by atomic mass is 15.0. The molecule has 1 unspecified atom stereocenters. The molecule has 2 rings (SSSR count). The smallest absolute Gasteiger partial charge is 0.0949 e. The van der Waals surface area contributed by atoms with Gasteiger partial charge in [-0.05, 0) is 31.8 Å². The van der Waals surface area contributed by atoms with E-state index in [1.165, 1.54) is 25.1 Å². The summed E-state index contributed by atoms with van der Waals surface area (Å²) in [5.74, 6) is 0.774. The molecule has 1 aliphatic rings. The Morgan fingerprint density at radius 1 is 1.50 bits per heavy atom. The molecule has 1 saturated heterocycles. The van der Waals surface area contributed by atoms with Gasteiger partial charge in [-0.3, -0.25) is 0 Å². The van der Waals surface area contributed by atoms with E-state index in [2.05, 4.69) is 41.8 Å². The monoisotopic (exact) mass is 221 g/mol. The number of hydrogen-bond acceptors (Lipinski definition) is 2. The van der Waals surface area contributed by atoms with Crippen molar-refractivity contribution in [2.24, 2.45) is 5.92 Å². The molecule has 0 spiro atoms. The van der Waals surface area contributed by atoms with E-state index >= 15 is 0 Å². The van der Waals surface area contributed by atoms with Crippen LogP contribution in [-0.4, -0.2) is 22.6 Å². The SMILES string of the molecule is CC(C)(C)c1cn(CC2CCCNC2)cn1. The molecule has 1 aromatic rings. The van der Waals surface area contributed by atoms with E-state index in [9.17, 15) is 0 Å². The number of hydrogen-bond donors (Lipinski definition) is 1. The lowest BCUT2D eigenvalue weighted by Crippen LogP contribution is -2.31. The topological polar surface area (TPSA) is 29.9 Å². The zero-order valence-electron chi connectivity index (χ0n) is 10.7. The van der Waals surface area contributed by atoms with Gasteiger partial charge in [0.15, 0.2) is 0 Å². The zero-order valence-corrected chi connectivity index (χ0v) is 10.7. The number of imidazole rings is 1. The summed E-state index contributed by atoms with van der Waals surface area (Å²) in [5, 5.41) is 3.46. The summed E-state index contributed by atoms with van der Waals surface area (Å²) >= 11 is 0. The first-order valence-electron chi connectivity index (χ1n) is 6.28. The van der Waals surface area contributed by atoms with E-state index in [0.29, 0.717) is 0 Å². The summed E-state index contributed by atoms with van der Waals surface area (Å²) in [5.41, 5.74) is 1.35. The minimum atomic E-state index is 0.163. The second-order valence-electron chi connectivity index (χ2n) is 5.92. The first-order chi connectivity index (χ1) is 7.55. The normalized spacial score (nSPS) is 22.3. The predicted octanol–water partition coefficient (Wildman–Crippen LogP) is 2.18. The van der Waals surface area contributed by atoms with E-state index in [1.807, 2.05) is 6.33 Å². The van der Waals surface area contributed by atoms with Gasteiger partial charge < -0.3 is 9.88 Å². The highest BCUT2D eigenvalue weighted by Gasteiger charge is 2.18. The number of nitrogens with zero attached hydrogens (tertiary/aromatic N) is 2. The van der Waals surface area contributed by atoms with Crippen molar-refractivity contribution in [3.63, 3.8) is 0 Å². The first kappa shape index (κ1) is 11.6. The molecular formula is C13H23N3. The molecule has 16 heavy (non-hydrogen) atoms. The first-order valence-corrected chi connectivity index (χ1v) is 6.28. The number of nitrogens with one attached hydrogen (secondary N) is 1. The van der Waals surface area contributed by atoms with Crippen molar-refractivity contribution in [2.75, 3.05) is 13.1 Å². The van der Waals surface area contributed by atoms with Crippen molar-refractivity contribution in [3.8, 4) is 0 Å². The van der Waals surface area contributed by atoms with Gasteiger partial charge in [-0.1, -0.05) is 20.8 Å². The van der Waals surface area contributed by atoms with Crippen LogP contribution in [0.5, 0.6) is 0 Å². The van der Waals surface area contributed by atoms with Crippen LogP contribution in [-0.2, 0) is 12.0 Å². The third kappa shape index (κ3) is 2.85. The van der Waals surface area contributed by atoms with Gasteiger partial charge in [0.2, 0.25) is 0 Å². The Morgan fingerprint density at radius 2 is 2.31 bits per heavy atom. The van der Waals surface area contributed by atoms with Gasteiger partial charge in [0.05, 0.1) is 12.0 Å². The summed E-state index contributed by atoms with van der Waals surface area (Å²) in [7, 11) is 0. The molecule has 0 saturated carbocycles. The van der Waals surface area contributed by atoms with Gasteiger partial charge in [-0.25, -0.2) is 4.98 Å². The van der Waals surface area contributed by atoms with Crippen molar-refractivity contribution in [3.05, 3.63) is 18.2 Å². The Labute approximate surface area is 98.3 Å². The van der Waals surface area contributed by atoms with Crippen LogP contribution in [0.15, 0.2) is 12.5 Å². The fourth-order valence-electron chi connectivity index (χ4n) is 2.23. The Hall–Kier alpha value is -0.830. The van der Waals surface area contributed by atoms with Crippen molar-refractivity contribution >= 4 is 0 Å². The van der Waals surface area contributed by atoms with E-state index < -0.39 is 0 Å². The van der Waals surface area contributed by atoms with Crippen molar-refractivity contribution in [2.45, 2.75) is 45.6 Å². The molecular weight excluding hydrogens is 198 g/mol. The average molecular weight is 221 g/mol. The van der Waals surface area contributed by atoms with Crippen LogP contribution in [0.1, 0.15) is 39.3 Å². The molecule has 0 bridgehead atoms. The fraction of sp³-hybridized carbons (Fsp3) is 0.769. The molecule has 1 atom stereocenters. The molecule has 1 N–H and O–H groups in total. The predicted molar refractivity (Wildman–Crippen MR) is 66.5 cm³/mol. The highest BCUT2D eigenvalue weighted by Crippen LogP contribution is 2.20. The lowest BCUT2D eigenvalue weighted by molar-refractivity contribution is 0.337. The third-order valence-electron chi connectivity index (χ3n) is 3.27. The Kier molecular flexibility index (Phi) is 3.33. The molecule has 0 aliphatic carbocycles. The van der Waals surface area contributed by atoms with Gasteiger partial charge in [0, 0.05) is 18.2 Å². The van der Waals surface area contributed by atoms with Gasteiger partial charge in [-0.2, -0.15) is 0 Å². The zero-order chi connectivity index (χ0) is 11.6. The lowest BCUT2D eigenvalue weighted by atomic mass is 9.93. The van der Waals surface area contributed by atoms with E-state index in [-0.39, 0.29) is 5.41 Å². The second kappa shape index (κ2) is 4.58. The Bertz CT molecular complexity index is 329. The minimum Gasteiger partial charge on any atom is -0.337 e. The molecule has 1 fully saturated rings. The maximum Gasteiger partial charge on any atom is 0.0949 e. The molecule has 0 aromatic carbocycles. The summed E-state index contributed by atoms with van der Waals surface area (Å²) in [6, 6.07) is 0. The van der Waals surface area contributed by atoms with Crippen LogP contribution in [0.2, 0.25) is 0 Å². The molecule has 90 valence electrons. The summed E-state index contributed by atoms with van der Waals surface area (Å²) < 4.78 is 2.25. The van der Waals surface area contributed by atoms with Crippen molar-refractivity contribution < 1.29 is 0 Å². The average Bonchev–Trinajstić information content (AvgIpc) is 2.67. The van der Waals surface area contributed by atoms with E-state index in [1.54, 1.807) is 0 Å². The van der Waals surface area contributed by atoms with Gasteiger partial charge in [-0.15, -0.1) is 0 Å². The van der Waals surface area contributed by atoms with Crippen LogP contribution in [0.25, 0.3) is 0 Å². The molecule has 3 nitrogen and oxygen atoms in total. The number of aromatic nitrogens is 2. The summed E-state index contributed by atoms with van der Waals surface area (Å²) in [6.45, 7) is 10.1. The molecule has 1 aliphatic heterocycles. The Balaban J connectivity index is 1.97. The van der Waals surface area contributed by atoms with Gasteiger partial charge in [0.25, 0.3) is 0 Å². The maximum atomic E-state index is 4.50. The maximum absolute atomic E-state index is 4.50. The lowest BCUT2D eigenvalue weighted by Gasteiger charge is -2.23. The van der Waals surface area contributed by atoms with Crippen LogP contribution in [0.3, 0.4) is 0 Å². The van der Waals surface area contributed by atoms with Gasteiger partial charge in [0.1, 0.15) is 0 Å². The second-order valence-corrected chi connectivity index (χ2v) is 5.92. The molecule has 1 aromatic heterocycles. The van der Waals surface area contributed by atoms with Crippen LogP contribution < -0.4 is 5.32 Å². The van der Waals surface area contributed by atoms with E-state index in [0.717, 1.165) is 19.0 Å².